The van der Waals surface area contributed by atoms with Crippen LogP contribution >= 0.6 is 0 Å². The number of fused-ring (bicyclic) bond motifs is 1. The first-order chi connectivity index (χ1) is 11.9. The van der Waals surface area contributed by atoms with Gasteiger partial charge in [0, 0.05) is 16.6 Å². The molecule has 0 saturated carbocycles. The molecule has 0 saturated heterocycles. The summed E-state index contributed by atoms with van der Waals surface area (Å²) in [4.78, 5) is 6.99. The van der Waals surface area contributed by atoms with E-state index in [1.807, 2.05) is 44.2 Å². The molecule has 3 aromatic rings. The molecule has 1 heterocycles. The molecule has 25 heavy (non-hydrogen) atoms. The van der Waals surface area contributed by atoms with Gasteiger partial charge < -0.3 is 0 Å². The van der Waals surface area contributed by atoms with Gasteiger partial charge in [-0.1, -0.05) is 35.9 Å². The topological polar surface area (TPSA) is 71.4 Å². The van der Waals surface area contributed by atoms with Crippen molar-refractivity contribution in [1.82, 2.24) is 9.82 Å². The minimum Gasteiger partial charge on any atom is -0.253 e. The van der Waals surface area contributed by atoms with Crippen molar-refractivity contribution in [2.45, 2.75) is 25.7 Å². The summed E-state index contributed by atoms with van der Waals surface area (Å²) in [5.41, 5.74) is 4.14. The number of pyridine rings is 1. The van der Waals surface area contributed by atoms with Gasteiger partial charge in [-0.25, -0.2) is 0 Å². The van der Waals surface area contributed by atoms with E-state index >= 15 is 0 Å². The standard InChI is InChI=1S/C19H19N3O2S/c1-13-8-10-16(11-9-13)25(23,24)22-21-15(3)18-12-14(2)20-19-7-5-4-6-17(18)19/h4-12,22H,1-3H3. The Balaban J connectivity index is 1.96. The van der Waals surface area contributed by atoms with Crippen LogP contribution in [0.25, 0.3) is 10.9 Å². The van der Waals surface area contributed by atoms with Gasteiger partial charge in [0.2, 0.25) is 0 Å². The first-order valence-electron chi connectivity index (χ1n) is 7.86. The molecule has 6 heteroatoms. The van der Waals surface area contributed by atoms with E-state index in [-0.39, 0.29) is 4.90 Å². The molecule has 0 fully saturated rings. The SMILES string of the molecule is CC(=NNS(=O)(=O)c1ccc(C)cc1)c1cc(C)nc2ccccc12. The summed E-state index contributed by atoms with van der Waals surface area (Å²) in [5, 5.41) is 5.04. The molecule has 1 aromatic heterocycles. The predicted molar refractivity (Wildman–Crippen MR) is 100 cm³/mol. The van der Waals surface area contributed by atoms with Crippen molar-refractivity contribution in [3.05, 3.63) is 71.4 Å². The van der Waals surface area contributed by atoms with E-state index in [4.69, 9.17) is 0 Å². The summed E-state index contributed by atoms with van der Waals surface area (Å²) < 4.78 is 24.8. The van der Waals surface area contributed by atoms with Crippen molar-refractivity contribution in [1.29, 1.82) is 0 Å². The van der Waals surface area contributed by atoms with Gasteiger partial charge in [0.15, 0.2) is 0 Å². The Morgan fingerprint density at radius 3 is 2.44 bits per heavy atom. The minimum absolute atomic E-state index is 0.186. The van der Waals surface area contributed by atoms with Crippen molar-refractivity contribution in [2.24, 2.45) is 5.10 Å². The maximum atomic E-state index is 12.4. The molecule has 3 rings (SSSR count). The summed E-state index contributed by atoms with van der Waals surface area (Å²) in [6.07, 6.45) is 0. The zero-order chi connectivity index (χ0) is 18.0. The van der Waals surface area contributed by atoms with Crippen LogP contribution in [0, 0.1) is 13.8 Å². The third-order valence-electron chi connectivity index (χ3n) is 3.90. The zero-order valence-electron chi connectivity index (χ0n) is 14.3. The Morgan fingerprint density at radius 2 is 1.72 bits per heavy atom. The number of rotatable bonds is 4. The molecule has 0 aliphatic heterocycles. The summed E-state index contributed by atoms with van der Waals surface area (Å²) in [6.45, 7) is 5.58. The lowest BCUT2D eigenvalue weighted by atomic mass is 10.0. The lowest BCUT2D eigenvalue weighted by molar-refractivity contribution is 0.584. The number of sulfonamides is 1. The molecule has 0 radical (unpaired) electrons. The van der Waals surface area contributed by atoms with E-state index in [2.05, 4.69) is 14.9 Å². The van der Waals surface area contributed by atoms with Gasteiger partial charge in [0.25, 0.3) is 10.0 Å². The minimum atomic E-state index is -3.70. The van der Waals surface area contributed by atoms with E-state index in [0.717, 1.165) is 27.7 Å². The number of benzene rings is 2. The summed E-state index contributed by atoms with van der Waals surface area (Å²) in [7, 11) is -3.70. The van der Waals surface area contributed by atoms with Crippen LogP contribution in [0.1, 0.15) is 23.7 Å². The van der Waals surface area contributed by atoms with Gasteiger partial charge in [-0.05, 0) is 45.0 Å². The van der Waals surface area contributed by atoms with E-state index in [0.29, 0.717) is 5.71 Å². The van der Waals surface area contributed by atoms with E-state index in [1.54, 1.807) is 31.2 Å². The van der Waals surface area contributed by atoms with Crippen LogP contribution in [0.5, 0.6) is 0 Å². The second kappa shape index (κ2) is 6.64. The number of aromatic nitrogens is 1. The lowest BCUT2D eigenvalue weighted by Gasteiger charge is -2.09. The molecule has 1 N–H and O–H groups in total. The third-order valence-corrected chi connectivity index (χ3v) is 5.12. The number of para-hydroxylation sites is 1. The maximum absolute atomic E-state index is 12.4. The highest BCUT2D eigenvalue weighted by Gasteiger charge is 2.13. The van der Waals surface area contributed by atoms with E-state index in [1.165, 1.54) is 0 Å². The molecule has 0 amide bonds. The fourth-order valence-electron chi connectivity index (χ4n) is 2.57. The summed E-state index contributed by atoms with van der Waals surface area (Å²) >= 11 is 0. The van der Waals surface area contributed by atoms with Crippen LogP contribution in [-0.2, 0) is 10.0 Å². The average Bonchev–Trinajstić information content (AvgIpc) is 2.59. The highest BCUT2D eigenvalue weighted by Crippen LogP contribution is 2.19. The smallest absolute Gasteiger partial charge is 0.253 e. The van der Waals surface area contributed by atoms with Crippen molar-refractivity contribution >= 4 is 26.6 Å². The first kappa shape index (κ1) is 17.1. The molecule has 0 aliphatic carbocycles. The molecule has 2 aromatic carbocycles. The number of hydrogen-bond acceptors (Lipinski definition) is 4. The van der Waals surface area contributed by atoms with E-state index in [9.17, 15) is 8.42 Å². The Kier molecular flexibility index (Phi) is 4.55. The maximum Gasteiger partial charge on any atom is 0.276 e. The first-order valence-corrected chi connectivity index (χ1v) is 9.35. The zero-order valence-corrected chi connectivity index (χ0v) is 15.1. The summed E-state index contributed by atoms with van der Waals surface area (Å²) in [5.74, 6) is 0. The number of nitrogens with one attached hydrogen (secondary N) is 1. The second-order valence-electron chi connectivity index (χ2n) is 5.93. The van der Waals surface area contributed by atoms with Crippen LogP contribution in [0.15, 0.2) is 64.6 Å². The van der Waals surface area contributed by atoms with Gasteiger partial charge >= 0.3 is 0 Å². The van der Waals surface area contributed by atoms with Crippen LogP contribution in [0.2, 0.25) is 0 Å². The molecular weight excluding hydrogens is 334 g/mol. The molecular formula is C19H19N3O2S. The van der Waals surface area contributed by atoms with Crippen LogP contribution in [0.4, 0.5) is 0 Å². The normalized spacial score (nSPS) is 12.4. The van der Waals surface area contributed by atoms with Crippen molar-refractivity contribution in [3.63, 3.8) is 0 Å². The molecule has 128 valence electrons. The van der Waals surface area contributed by atoms with Gasteiger partial charge in [0.05, 0.1) is 16.1 Å². The van der Waals surface area contributed by atoms with E-state index < -0.39 is 10.0 Å². The Morgan fingerprint density at radius 1 is 1.04 bits per heavy atom. The van der Waals surface area contributed by atoms with Crippen molar-refractivity contribution < 1.29 is 8.42 Å². The average molecular weight is 353 g/mol. The lowest BCUT2D eigenvalue weighted by Crippen LogP contribution is -2.20. The molecule has 0 atom stereocenters. The number of nitrogens with zero attached hydrogens (tertiary/aromatic N) is 2. The molecule has 0 unspecified atom stereocenters. The molecule has 0 spiro atoms. The highest BCUT2D eigenvalue weighted by atomic mass is 32.2. The second-order valence-corrected chi connectivity index (χ2v) is 7.59. The number of aryl methyl sites for hydroxylation is 2. The van der Waals surface area contributed by atoms with Crippen LogP contribution < -0.4 is 4.83 Å². The molecule has 0 aliphatic rings. The highest BCUT2D eigenvalue weighted by molar-refractivity contribution is 7.89. The van der Waals surface area contributed by atoms with Gasteiger partial charge in [-0.2, -0.15) is 18.4 Å². The monoisotopic (exact) mass is 353 g/mol. The Labute approximate surface area is 147 Å². The Bertz CT molecular complexity index is 1060. The largest absolute Gasteiger partial charge is 0.276 e. The number of hydrogen-bond donors (Lipinski definition) is 1. The van der Waals surface area contributed by atoms with Crippen LogP contribution in [0.3, 0.4) is 0 Å². The number of hydrazone groups is 1. The van der Waals surface area contributed by atoms with Crippen molar-refractivity contribution in [2.75, 3.05) is 0 Å². The van der Waals surface area contributed by atoms with Gasteiger partial charge in [-0.15, -0.1) is 0 Å². The van der Waals surface area contributed by atoms with Crippen molar-refractivity contribution in [3.8, 4) is 0 Å². The fourth-order valence-corrected chi connectivity index (χ4v) is 3.42. The van der Waals surface area contributed by atoms with Crippen LogP contribution in [-0.4, -0.2) is 19.1 Å². The van der Waals surface area contributed by atoms with Gasteiger partial charge in [0.1, 0.15) is 0 Å². The quantitative estimate of drug-likeness (QED) is 0.576. The third kappa shape index (κ3) is 3.69. The summed E-state index contributed by atoms with van der Waals surface area (Å²) in [6, 6.07) is 16.3. The van der Waals surface area contributed by atoms with Gasteiger partial charge in [-0.3, -0.25) is 4.98 Å². The molecule has 5 nitrogen and oxygen atoms in total. The molecule has 0 bridgehead atoms. The fraction of sp³-hybridized carbons (Fsp3) is 0.158. The predicted octanol–water partition coefficient (Wildman–Crippen LogP) is 3.55. The Hall–Kier alpha value is -2.73.